The van der Waals surface area contributed by atoms with Gasteiger partial charge in [-0.15, -0.1) is 11.3 Å². The Kier molecular flexibility index (Phi) is 5.59. The van der Waals surface area contributed by atoms with Gasteiger partial charge in [-0.2, -0.15) is 18.3 Å². The van der Waals surface area contributed by atoms with Crippen LogP contribution in [0, 0.1) is 6.92 Å². The fraction of sp³-hybridized carbons (Fsp3) is 0.500. The van der Waals surface area contributed by atoms with Crippen LogP contribution in [0.2, 0.25) is 0 Å². The smallest absolute Gasteiger partial charge is 0.449 e. The number of aryl methyl sites for hydroxylation is 1. The SMILES string of the molecule is Cc1cn(CC(=O)N2CCC(c3nc(OC(=O)O)cs3)CC2)nc1C(F)(F)F. The number of amides is 1. The van der Waals surface area contributed by atoms with Crippen LogP contribution in [-0.2, 0) is 17.5 Å². The number of carbonyl (C=O) groups is 2. The molecule has 3 heterocycles. The van der Waals surface area contributed by atoms with E-state index in [1.54, 1.807) is 4.90 Å². The number of alkyl halides is 3. The number of hydrogen-bond donors (Lipinski definition) is 1. The summed E-state index contributed by atoms with van der Waals surface area (Å²) in [6.45, 7) is 1.92. The lowest BCUT2D eigenvalue weighted by Crippen LogP contribution is -2.39. The highest BCUT2D eigenvalue weighted by Crippen LogP contribution is 2.33. The van der Waals surface area contributed by atoms with E-state index in [0.717, 1.165) is 9.69 Å². The third-order valence-electron chi connectivity index (χ3n) is 4.40. The molecule has 0 aromatic carbocycles. The molecule has 1 aliphatic heterocycles. The molecular formula is C16H17F3N4O4S. The maximum absolute atomic E-state index is 12.8. The molecule has 1 N–H and O–H groups in total. The van der Waals surface area contributed by atoms with E-state index >= 15 is 0 Å². The molecule has 1 fully saturated rings. The molecule has 0 atom stereocenters. The second-order valence-corrected chi connectivity index (χ2v) is 7.29. The van der Waals surface area contributed by atoms with Crippen molar-refractivity contribution in [3.05, 3.63) is 27.8 Å². The molecule has 12 heteroatoms. The van der Waals surface area contributed by atoms with Crippen molar-refractivity contribution in [1.29, 1.82) is 0 Å². The van der Waals surface area contributed by atoms with Gasteiger partial charge < -0.3 is 14.7 Å². The first-order valence-corrected chi connectivity index (χ1v) is 9.26. The molecule has 0 radical (unpaired) electrons. The van der Waals surface area contributed by atoms with Gasteiger partial charge in [0.25, 0.3) is 0 Å². The lowest BCUT2D eigenvalue weighted by Gasteiger charge is -2.31. The van der Waals surface area contributed by atoms with Gasteiger partial charge in [0.2, 0.25) is 11.8 Å². The molecule has 3 rings (SSSR count). The number of likely N-dealkylation sites (tertiary alicyclic amines) is 1. The topological polar surface area (TPSA) is 97.6 Å². The van der Waals surface area contributed by atoms with Crippen molar-refractivity contribution in [2.24, 2.45) is 0 Å². The van der Waals surface area contributed by atoms with Crippen molar-refractivity contribution in [2.45, 2.75) is 38.4 Å². The summed E-state index contributed by atoms with van der Waals surface area (Å²) in [5.41, 5.74) is -1.01. The number of carbonyl (C=O) groups excluding carboxylic acids is 1. The van der Waals surface area contributed by atoms with Crippen molar-refractivity contribution < 1.29 is 32.6 Å². The molecule has 28 heavy (non-hydrogen) atoms. The van der Waals surface area contributed by atoms with Crippen molar-refractivity contribution >= 4 is 23.4 Å². The third-order valence-corrected chi connectivity index (χ3v) is 5.39. The van der Waals surface area contributed by atoms with E-state index in [1.165, 1.54) is 29.8 Å². The van der Waals surface area contributed by atoms with E-state index in [-0.39, 0.29) is 29.8 Å². The summed E-state index contributed by atoms with van der Waals surface area (Å²) in [6.07, 6.45) is -3.52. The number of ether oxygens (including phenoxy) is 1. The Hall–Kier alpha value is -2.63. The lowest BCUT2D eigenvalue weighted by atomic mass is 9.97. The summed E-state index contributed by atoms with van der Waals surface area (Å²) >= 11 is 1.29. The van der Waals surface area contributed by atoms with Crippen LogP contribution in [0.1, 0.15) is 35.0 Å². The van der Waals surface area contributed by atoms with Crippen LogP contribution in [0.15, 0.2) is 11.6 Å². The Labute approximate surface area is 161 Å². The largest absolute Gasteiger partial charge is 0.512 e. The van der Waals surface area contributed by atoms with E-state index in [1.807, 2.05) is 0 Å². The average molecular weight is 418 g/mol. The highest BCUT2D eigenvalue weighted by atomic mass is 32.1. The van der Waals surface area contributed by atoms with Crippen LogP contribution >= 0.6 is 11.3 Å². The fourth-order valence-electron chi connectivity index (χ4n) is 3.09. The monoisotopic (exact) mass is 418 g/mol. The van der Waals surface area contributed by atoms with Crippen LogP contribution in [-0.4, -0.2) is 49.9 Å². The van der Waals surface area contributed by atoms with E-state index in [9.17, 15) is 22.8 Å². The standard InChI is InChI=1S/C16H17F3N4O4S/c1-9-6-23(21-13(9)16(17,18)19)7-12(24)22-4-2-10(3-5-22)14-20-11(8-28-14)27-15(25)26/h6,8,10H,2-5,7H2,1H3,(H,25,26). The Bertz CT molecular complexity index is 872. The fourth-order valence-corrected chi connectivity index (χ4v) is 3.99. The van der Waals surface area contributed by atoms with Crippen molar-refractivity contribution in [3.8, 4) is 5.88 Å². The van der Waals surface area contributed by atoms with E-state index < -0.39 is 18.0 Å². The summed E-state index contributed by atoms with van der Waals surface area (Å²) in [7, 11) is 0. The molecule has 0 spiro atoms. The molecule has 0 bridgehead atoms. The number of rotatable bonds is 4. The molecule has 2 aromatic heterocycles. The van der Waals surface area contributed by atoms with Gasteiger partial charge in [0, 0.05) is 25.2 Å². The molecule has 152 valence electrons. The molecule has 0 aliphatic carbocycles. The quantitative estimate of drug-likeness (QED) is 0.767. The molecule has 2 aromatic rings. The Morgan fingerprint density at radius 2 is 2.04 bits per heavy atom. The van der Waals surface area contributed by atoms with Gasteiger partial charge in [-0.3, -0.25) is 9.48 Å². The zero-order valence-corrected chi connectivity index (χ0v) is 15.6. The molecule has 0 saturated carbocycles. The van der Waals surface area contributed by atoms with E-state index in [0.29, 0.717) is 25.9 Å². The summed E-state index contributed by atoms with van der Waals surface area (Å²) in [4.78, 5) is 28.6. The van der Waals surface area contributed by atoms with Crippen LogP contribution in [0.5, 0.6) is 5.88 Å². The van der Waals surface area contributed by atoms with Gasteiger partial charge in [0.15, 0.2) is 5.69 Å². The molecule has 1 amide bonds. The summed E-state index contributed by atoms with van der Waals surface area (Å²) < 4.78 is 44.0. The number of halogens is 3. The van der Waals surface area contributed by atoms with Gasteiger partial charge >= 0.3 is 12.3 Å². The minimum absolute atomic E-state index is 0.0258. The van der Waals surface area contributed by atoms with Crippen LogP contribution in [0.25, 0.3) is 0 Å². The third kappa shape index (κ3) is 4.61. The number of aromatic nitrogens is 3. The molecule has 1 aliphatic rings. The van der Waals surface area contributed by atoms with Crippen LogP contribution < -0.4 is 4.74 Å². The first-order chi connectivity index (χ1) is 13.1. The Balaban J connectivity index is 1.55. The molecule has 1 saturated heterocycles. The normalized spacial score (nSPS) is 15.6. The zero-order chi connectivity index (χ0) is 20.5. The number of hydrogen-bond acceptors (Lipinski definition) is 6. The number of thiazole rings is 1. The second kappa shape index (κ2) is 7.78. The Morgan fingerprint density at radius 3 is 2.61 bits per heavy atom. The predicted octanol–water partition coefficient (Wildman–Crippen LogP) is 3.13. The molecule has 0 unspecified atom stereocenters. The molecule has 8 nitrogen and oxygen atoms in total. The average Bonchev–Trinajstić information content (AvgIpc) is 3.20. The first kappa shape index (κ1) is 20.1. The minimum Gasteiger partial charge on any atom is -0.449 e. The van der Waals surface area contributed by atoms with Crippen LogP contribution in [0.3, 0.4) is 0 Å². The van der Waals surface area contributed by atoms with Gasteiger partial charge in [-0.25, -0.2) is 9.78 Å². The van der Waals surface area contributed by atoms with Gasteiger partial charge in [-0.1, -0.05) is 0 Å². The van der Waals surface area contributed by atoms with Crippen LogP contribution in [0.4, 0.5) is 18.0 Å². The minimum atomic E-state index is -4.55. The summed E-state index contributed by atoms with van der Waals surface area (Å²) in [5.74, 6) is -0.201. The van der Waals surface area contributed by atoms with Gasteiger partial charge in [0.1, 0.15) is 6.54 Å². The first-order valence-electron chi connectivity index (χ1n) is 8.38. The summed E-state index contributed by atoms with van der Waals surface area (Å²) in [6, 6.07) is 0. The van der Waals surface area contributed by atoms with Crippen molar-refractivity contribution in [1.82, 2.24) is 19.7 Å². The number of carboxylic acid groups (broad SMARTS) is 1. The lowest BCUT2D eigenvalue weighted by molar-refractivity contribution is -0.142. The number of piperidine rings is 1. The predicted molar refractivity (Wildman–Crippen MR) is 91.3 cm³/mol. The van der Waals surface area contributed by atoms with Gasteiger partial charge in [-0.05, 0) is 25.3 Å². The zero-order valence-electron chi connectivity index (χ0n) is 14.8. The number of nitrogens with zero attached hydrogens (tertiary/aromatic N) is 4. The highest BCUT2D eigenvalue weighted by Gasteiger charge is 2.36. The van der Waals surface area contributed by atoms with Crippen molar-refractivity contribution in [3.63, 3.8) is 0 Å². The summed E-state index contributed by atoms with van der Waals surface area (Å²) in [5, 5.41) is 14.3. The molecular weight excluding hydrogens is 401 g/mol. The maximum Gasteiger partial charge on any atom is 0.512 e. The van der Waals surface area contributed by atoms with E-state index in [2.05, 4.69) is 14.8 Å². The van der Waals surface area contributed by atoms with Gasteiger partial charge in [0.05, 0.1) is 10.4 Å². The van der Waals surface area contributed by atoms with E-state index in [4.69, 9.17) is 5.11 Å². The van der Waals surface area contributed by atoms with Crippen molar-refractivity contribution in [2.75, 3.05) is 13.1 Å². The highest BCUT2D eigenvalue weighted by molar-refractivity contribution is 7.09. The maximum atomic E-state index is 12.8. The second-order valence-electron chi connectivity index (χ2n) is 6.40. The Morgan fingerprint density at radius 1 is 1.36 bits per heavy atom.